The van der Waals surface area contributed by atoms with E-state index in [9.17, 15) is 5.11 Å². The second kappa shape index (κ2) is 7.82. The Bertz CT molecular complexity index is 1190. The molecular formula is C22H21N3O5. The fraction of sp³-hybridized carbons (Fsp3) is 0.182. The molecule has 0 saturated heterocycles. The van der Waals surface area contributed by atoms with Crippen LogP contribution in [0, 0.1) is 0 Å². The van der Waals surface area contributed by atoms with E-state index in [0.29, 0.717) is 28.5 Å². The number of ether oxygens (including phenoxy) is 4. The minimum absolute atomic E-state index is 0.0471. The Kier molecular flexibility index (Phi) is 5.05. The van der Waals surface area contributed by atoms with Crippen LogP contribution in [-0.2, 0) is 0 Å². The van der Waals surface area contributed by atoms with Gasteiger partial charge in [-0.25, -0.2) is 4.98 Å². The molecule has 0 radical (unpaired) electrons. The summed E-state index contributed by atoms with van der Waals surface area (Å²) >= 11 is 0. The molecule has 8 nitrogen and oxygen atoms in total. The molecule has 0 aliphatic heterocycles. The highest BCUT2D eigenvalue weighted by Crippen LogP contribution is 2.41. The number of methoxy groups -OCH3 is 4. The summed E-state index contributed by atoms with van der Waals surface area (Å²) in [6.45, 7) is 0. The summed E-state index contributed by atoms with van der Waals surface area (Å²) in [5, 5.41) is 10.2. The molecule has 1 N–H and O–H groups in total. The Labute approximate surface area is 173 Å². The molecule has 30 heavy (non-hydrogen) atoms. The molecule has 0 atom stereocenters. The van der Waals surface area contributed by atoms with Crippen LogP contribution in [0.2, 0.25) is 0 Å². The van der Waals surface area contributed by atoms with Gasteiger partial charge in [-0.3, -0.25) is 9.55 Å². The first kappa shape index (κ1) is 19.4. The zero-order valence-corrected chi connectivity index (χ0v) is 17.0. The lowest BCUT2D eigenvalue weighted by Crippen LogP contribution is -2.00. The molecule has 0 fully saturated rings. The lowest BCUT2D eigenvalue weighted by atomic mass is 10.1. The van der Waals surface area contributed by atoms with Gasteiger partial charge < -0.3 is 24.1 Å². The molecule has 0 bridgehead atoms. The van der Waals surface area contributed by atoms with Crippen LogP contribution in [0.5, 0.6) is 28.7 Å². The summed E-state index contributed by atoms with van der Waals surface area (Å²) in [5.74, 6) is 2.02. The zero-order chi connectivity index (χ0) is 21.3. The Hall–Kier alpha value is -3.94. The van der Waals surface area contributed by atoms with Crippen molar-refractivity contribution in [2.75, 3.05) is 28.4 Å². The molecule has 0 spiro atoms. The molecule has 4 aromatic rings. The molecule has 0 saturated carbocycles. The number of nitrogens with zero attached hydrogens (tertiary/aromatic N) is 3. The second-order valence-corrected chi connectivity index (χ2v) is 6.44. The molecule has 2 aromatic carbocycles. The number of phenols is 1. The topological polar surface area (TPSA) is 87.9 Å². The van der Waals surface area contributed by atoms with E-state index in [2.05, 4.69) is 9.97 Å². The van der Waals surface area contributed by atoms with Gasteiger partial charge in [0.1, 0.15) is 11.8 Å². The fourth-order valence-electron chi connectivity index (χ4n) is 3.44. The van der Waals surface area contributed by atoms with Crippen LogP contribution in [-0.4, -0.2) is 48.1 Å². The third kappa shape index (κ3) is 3.12. The number of phenolic OH excluding ortho intramolecular Hbond substituents is 1. The lowest BCUT2D eigenvalue weighted by molar-refractivity contribution is 0.324. The van der Waals surface area contributed by atoms with Crippen LogP contribution >= 0.6 is 0 Å². The van der Waals surface area contributed by atoms with Gasteiger partial charge in [0.15, 0.2) is 23.0 Å². The van der Waals surface area contributed by atoms with Crippen molar-refractivity contribution in [1.29, 1.82) is 0 Å². The van der Waals surface area contributed by atoms with E-state index in [1.807, 2.05) is 22.8 Å². The number of imidazole rings is 1. The van der Waals surface area contributed by atoms with Gasteiger partial charge in [-0.05, 0) is 17.7 Å². The molecular weight excluding hydrogens is 386 g/mol. The van der Waals surface area contributed by atoms with Crippen molar-refractivity contribution in [1.82, 2.24) is 14.5 Å². The van der Waals surface area contributed by atoms with Crippen LogP contribution < -0.4 is 18.9 Å². The molecule has 2 aromatic heterocycles. The highest BCUT2D eigenvalue weighted by molar-refractivity contribution is 5.93. The van der Waals surface area contributed by atoms with E-state index in [4.69, 9.17) is 18.9 Å². The number of benzene rings is 2. The van der Waals surface area contributed by atoms with Gasteiger partial charge in [-0.2, -0.15) is 0 Å². The van der Waals surface area contributed by atoms with E-state index >= 15 is 0 Å². The minimum Gasteiger partial charge on any atom is -0.504 e. The molecule has 154 valence electrons. The number of fused-ring (bicyclic) bond motifs is 1. The SMILES string of the molecule is COc1ccc(-c2cncc3ncn(-c4cc(OC)c(OC)c(OC)c4)c23)cc1O. The van der Waals surface area contributed by atoms with Crippen molar-refractivity contribution in [3.05, 3.63) is 49.1 Å². The van der Waals surface area contributed by atoms with E-state index in [0.717, 1.165) is 22.3 Å². The Morgan fingerprint density at radius 3 is 2.13 bits per heavy atom. The maximum atomic E-state index is 10.2. The van der Waals surface area contributed by atoms with Gasteiger partial charge in [0.2, 0.25) is 5.75 Å². The summed E-state index contributed by atoms with van der Waals surface area (Å²) < 4.78 is 23.5. The van der Waals surface area contributed by atoms with E-state index in [-0.39, 0.29) is 5.75 Å². The van der Waals surface area contributed by atoms with Gasteiger partial charge in [-0.15, -0.1) is 0 Å². The van der Waals surface area contributed by atoms with Crippen molar-refractivity contribution in [2.24, 2.45) is 0 Å². The first-order chi connectivity index (χ1) is 14.6. The lowest BCUT2D eigenvalue weighted by Gasteiger charge is -2.15. The summed E-state index contributed by atoms with van der Waals surface area (Å²) in [4.78, 5) is 8.80. The first-order valence-corrected chi connectivity index (χ1v) is 9.10. The Balaban J connectivity index is 1.95. The summed E-state index contributed by atoms with van der Waals surface area (Å²) in [5.41, 5.74) is 3.88. The molecule has 0 amide bonds. The van der Waals surface area contributed by atoms with Crippen molar-refractivity contribution in [3.8, 4) is 45.6 Å². The van der Waals surface area contributed by atoms with Crippen LogP contribution in [0.15, 0.2) is 49.1 Å². The molecule has 8 heteroatoms. The van der Waals surface area contributed by atoms with Crippen LogP contribution in [0.3, 0.4) is 0 Å². The number of rotatable bonds is 6. The standard InChI is InChI=1S/C22H21N3O5/c1-27-18-6-5-13(7-17(18)26)15-10-23-11-16-21(15)25(12-24-16)14-8-19(28-2)22(30-4)20(9-14)29-3/h5-12,26H,1-4H3. The average molecular weight is 407 g/mol. The van der Waals surface area contributed by atoms with Gasteiger partial charge in [0, 0.05) is 23.9 Å². The van der Waals surface area contributed by atoms with Crippen LogP contribution in [0.1, 0.15) is 0 Å². The second-order valence-electron chi connectivity index (χ2n) is 6.44. The Morgan fingerprint density at radius 1 is 0.833 bits per heavy atom. The third-order valence-corrected chi connectivity index (χ3v) is 4.87. The van der Waals surface area contributed by atoms with Crippen molar-refractivity contribution in [3.63, 3.8) is 0 Å². The van der Waals surface area contributed by atoms with Gasteiger partial charge in [0.05, 0.1) is 45.8 Å². The predicted octanol–water partition coefficient (Wildman–Crippen LogP) is 3.83. The predicted molar refractivity (Wildman–Crippen MR) is 112 cm³/mol. The number of aromatic hydroxyl groups is 1. The molecule has 0 aliphatic carbocycles. The largest absolute Gasteiger partial charge is 0.504 e. The number of hydrogen-bond acceptors (Lipinski definition) is 7. The maximum absolute atomic E-state index is 10.2. The van der Waals surface area contributed by atoms with E-state index in [1.165, 1.54) is 7.11 Å². The highest BCUT2D eigenvalue weighted by atomic mass is 16.5. The van der Waals surface area contributed by atoms with Crippen molar-refractivity contribution >= 4 is 11.0 Å². The summed E-state index contributed by atoms with van der Waals surface area (Å²) in [7, 11) is 6.22. The van der Waals surface area contributed by atoms with Crippen molar-refractivity contribution in [2.45, 2.75) is 0 Å². The molecule has 4 rings (SSSR count). The molecule has 0 aliphatic rings. The summed E-state index contributed by atoms with van der Waals surface area (Å²) in [6, 6.07) is 8.91. The average Bonchev–Trinajstić information content (AvgIpc) is 3.22. The number of pyridine rings is 1. The van der Waals surface area contributed by atoms with E-state index in [1.54, 1.807) is 52.2 Å². The van der Waals surface area contributed by atoms with E-state index < -0.39 is 0 Å². The fourth-order valence-corrected chi connectivity index (χ4v) is 3.44. The quantitative estimate of drug-likeness (QED) is 0.520. The van der Waals surface area contributed by atoms with Crippen molar-refractivity contribution < 1.29 is 24.1 Å². The first-order valence-electron chi connectivity index (χ1n) is 9.10. The number of aromatic nitrogens is 3. The van der Waals surface area contributed by atoms with Crippen LogP contribution in [0.4, 0.5) is 0 Å². The van der Waals surface area contributed by atoms with Crippen LogP contribution in [0.25, 0.3) is 27.8 Å². The molecule has 0 unspecified atom stereocenters. The zero-order valence-electron chi connectivity index (χ0n) is 17.0. The number of hydrogen-bond donors (Lipinski definition) is 1. The smallest absolute Gasteiger partial charge is 0.203 e. The van der Waals surface area contributed by atoms with Gasteiger partial charge in [0.25, 0.3) is 0 Å². The monoisotopic (exact) mass is 407 g/mol. The minimum atomic E-state index is 0.0471. The van der Waals surface area contributed by atoms with Gasteiger partial charge >= 0.3 is 0 Å². The highest BCUT2D eigenvalue weighted by Gasteiger charge is 2.18. The summed E-state index contributed by atoms with van der Waals surface area (Å²) in [6.07, 6.45) is 5.14. The maximum Gasteiger partial charge on any atom is 0.203 e. The van der Waals surface area contributed by atoms with Gasteiger partial charge in [-0.1, -0.05) is 6.07 Å². The third-order valence-electron chi connectivity index (χ3n) is 4.87. The normalized spacial score (nSPS) is 10.8. The molecule has 2 heterocycles. The Morgan fingerprint density at radius 2 is 1.53 bits per heavy atom.